The van der Waals surface area contributed by atoms with Crippen molar-refractivity contribution in [2.24, 2.45) is 0 Å². The fraction of sp³-hybridized carbons (Fsp3) is 0. The van der Waals surface area contributed by atoms with Crippen LogP contribution in [0.15, 0.2) is 36.4 Å². The van der Waals surface area contributed by atoms with Crippen molar-refractivity contribution in [3.8, 4) is 17.2 Å². The standard InChI is InChI=1S/C13H6ClF2N/c14-10-1-2-12(13(16)6-10)9-3-8(7-17)4-11(15)5-9/h1-6H. The number of nitriles is 1. The molecular formula is C13H6ClF2N. The van der Waals surface area contributed by atoms with Crippen molar-refractivity contribution in [2.45, 2.75) is 0 Å². The molecule has 0 unspecified atom stereocenters. The second-order valence-electron chi connectivity index (χ2n) is 3.46. The van der Waals surface area contributed by atoms with Gasteiger partial charge in [0.1, 0.15) is 11.6 Å². The number of nitrogens with zero attached hydrogens (tertiary/aromatic N) is 1. The summed E-state index contributed by atoms with van der Waals surface area (Å²) in [5.41, 5.74) is 0.676. The summed E-state index contributed by atoms with van der Waals surface area (Å²) in [6, 6.07) is 9.62. The van der Waals surface area contributed by atoms with Gasteiger partial charge in [-0.05, 0) is 42.0 Å². The molecule has 84 valence electrons. The van der Waals surface area contributed by atoms with Gasteiger partial charge < -0.3 is 0 Å². The number of benzene rings is 2. The van der Waals surface area contributed by atoms with Crippen LogP contribution in [0.1, 0.15) is 5.56 Å². The molecule has 0 amide bonds. The molecule has 0 aromatic heterocycles. The lowest BCUT2D eigenvalue weighted by Crippen LogP contribution is -1.87. The number of hydrogen-bond donors (Lipinski definition) is 0. The summed E-state index contributed by atoms with van der Waals surface area (Å²) in [6.45, 7) is 0. The van der Waals surface area contributed by atoms with E-state index in [0.29, 0.717) is 5.56 Å². The van der Waals surface area contributed by atoms with Gasteiger partial charge in [-0.15, -0.1) is 0 Å². The van der Waals surface area contributed by atoms with Crippen LogP contribution in [0.4, 0.5) is 8.78 Å². The Morgan fingerprint density at radius 2 is 1.82 bits per heavy atom. The third-order valence-electron chi connectivity index (χ3n) is 2.27. The van der Waals surface area contributed by atoms with Gasteiger partial charge in [-0.25, -0.2) is 8.78 Å². The van der Waals surface area contributed by atoms with Crippen molar-refractivity contribution >= 4 is 11.6 Å². The first kappa shape index (κ1) is 11.6. The first-order chi connectivity index (χ1) is 8.10. The van der Waals surface area contributed by atoms with Crippen LogP contribution in [0.5, 0.6) is 0 Å². The second-order valence-corrected chi connectivity index (χ2v) is 3.90. The molecule has 2 rings (SSSR count). The molecule has 0 spiro atoms. The summed E-state index contributed by atoms with van der Waals surface area (Å²) >= 11 is 5.63. The third kappa shape index (κ3) is 2.43. The van der Waals surface area contributed by atoms with E-state index in [2.05, 4.69) is 0 Å². The normalized spacial score (nSPS) is 10.0. The molecular weight excluding hydrogens is 244 g/mol. The quantitative estimate of drug-likeness (QED) is 0.745. The van der Waals surface area contributed by atoms with Crippen LogP contribution in [0.25, 0.3) is 11.1 Å². The highest BCUT2D eigenvalue weighted by molar-refractivity contribution is 6.30. The van der Waals surface area contributed by atoms with Gasteiger partial charge in [-0.3, -0.25) is 0 Å². The van der Waals surface area contributed by atoms with Crippen molar-refractivity contribution < 1.29 is 8.78 Å². The molecule has 0 bridgehead atoms. The zero-order valence-corrected chi connectivity index (χ0v) is 9.30. The maximum Gasteiger partial charge on any atom is 0.132 e. The second kappa shape index (κ2) is 4.52. The number of halogens is 3. The average Bonchev–Trinajstić information content (AvgIpc) is 2.28. The van der Waals surface area contributed by atoms with Crippen molar-refractivity contribution in [3.05, 3.63) is 58.6 Å². The molecule has 0 aliphatic carbocycles. The van der Waals surface area contributed by atoms with Crippen LogP contribution < -0.4 is 0 Å². The van der Waals surface area contributed by atoms with Gasteiger partial charge in [0.25, 0.3) is 0 Å². The van der Waals surface area contributed by atoms with Crippen LogP contribution in [0.3, 0.4) is 0 Å². The van der Waals surface area contributed by atoms with E-state index in [-0.39, 0.29) is 16.1 Å². The minimum absolute atomic E-state index is 0.148. The van der Waals surface area contributed by atoms with Crippen molar-refractivity contribution in [3.63, 3.8) is 0 Å². The molecule has 0 aliphatic heterocycles. The smallest absolute Gasteiger partial charge is 0.132 e. The maximum absolute atomic E-state index is 13.6. The molecule has 0 saturated carbocycles. The molecule has 0 heterocycles. The van der Waals surface area contributed by atoms with Crippen LogP contribution >= 0.6 is 11.6 Å². The summed E-state index contributed by atoms with van der Waals surface area (Å²) in [4.78, 5) is 0. The molecule has 0 saturated heterocycles. The Morgan fingerprint density at radius 3 is 2.47 bits per heavy atom. The first-order valence-electron chi connectivity index (χ1n) is 4.76. The molecule has 17 heavy (non-hydrogen) atoms. The monoisotopic (exact) mass is 249 g/mol. The van der Waals surface area contributed by atoms with Crippen LogP contribution in [-0.4, -0.2) is 0 Å². The summed E-state index contributed by atoms with van der Waals surface area (Å²) < 4.78 is 26.8. The molecule has 1 nitrogen and oxygen atoms in total. The minimum atomic E-state index is -0.576. The fourth-order valence-electron chi connectivity index (χ4n) is 1.53. The molecule has 2 aromatic rings. The Kier molecular flexibility index (Phi) is 3.08. The molecule has 4 heteroatoms. The fourth-order valence-corrected chi connectivity index (χ4v) is 1.69. The predicted octanol–water partition coefficient (Wildman–Crippen LogP) is 4.16. The van der Waals surface area contributed by atoms with Gasteiger partial charge in [0.2, 0.25) is 0 Å². The summed E-state index contributed by atoms with van der Waals surface area (Å²) in [5, 5.41) is 8.98. The topological polar surface area (TPSA) is 23.8 Å². The zero-order chi connectivity index (χ0) is 12.4. The van der Waals surface area contributed by atoms with Crippen molar-refractivity contribution in [2.75, 3.05) is 0 Å². The Balaban J connectivity index is 2.61. The lowest BCUT2D eigenvalue weighted by atomic mass is 10.0. The lowest BCUT2D eigenvalue weighted by Gasteiger charge is -2.04. The molecule has 2 aromatic carbocycles. The third-order valence-corrected chi connectivity index (χ3v) is 2.50. The van der Waals surface area contributed by atoms with Gasteiger partial charge in [0.15, 0.2) is 0 Å². The molecule has 0 fully saturated rings. The summed E-state index contributed by atoms with van der Waals surface area (Å²) in [6.07, 6.45) is 0. The average molecular weight is 250 g/mol. The SMILES string of the molecule is N#Cc1cc(F)cc(-c2ccc(Cl)cc2F)c1. The number of hydrogen-bond acceptors (Lipinski definition) is 1. The molecule has 0 N–H and O–H groups in total. The van der Waals surface area contributed by atoms with E-state index in [0.717, 1.165) is 12.1 Å². The van der Waals surface area contributed by atoms with Gasteiger partial charge in [0, 0.05) is 10.6 Å². The first-order valence-corrected chi connectivity index (χ1v) is 5.14. The van der Waals surface area contributed by atoms with E-state index >= 15 is 0 Å². The van der Waals surface area contributed by atoms with E-state index in [1.54, 1.807) is 0 Å². The Labute approximate surface area is 102 Å². The van der Waals surface area contributed by atoms with E-state index < -0.39 is 11.6 Å². The molecule has 0 aliphatic rings. The van der Waals surface area contributed by atoms with E-state index in [9.17, 15) is 8.78 Å². The van der Waals surface area contributed by atoms with Crippen molar-refractivity contribution in [1.29, 1.82) is 5.26 Å². The van der Waals surface area contributed by atoms with Crippen LogP contribution in [0.2, 0.25) is 5.02 Å². The Bertz CT molecular complexity index is 617. The summed E-state index contributed by atoms with van der Waals surface area (Å²) in [7, 11) is 0. The lowest BCUT2D eigenvalue weighted by molar-refractivity contribution is 0.624. The van der Waals surface area contributed by atoms with E-state index in [1.165, 1.54) is 24.3 Å². The maximum atomic E-state index is 13.6. The Hall–Kier alpha value is -1.92. The van der Waals surface area contributed by atoms with Gasteiger partial charge in [-0.1, -0.05) is 11.6 Å². The van der Waals surface area contributed by atoms with Crippen LogP contribution in [-0.2, 0) is 0 Å². The highest BCUT2D eigenvalue weighted by Crippen LogP contribution is 2.26. The van der Waals surface area contributed by atoms with E-state index in [4.69, 9.17) is 16.9 Å². The highest BCUT2D eigenvalue weighted by Gasteiger charge is 2.08. The largest absolute Gasteiger partial charge is 0.207 e. The molecule has 0 atom stereocenters. The highest BCUT2D eigenvalue weighted by atomic mass is 35.5. The van der Waals surface area contributed by atoms with Gasteiger partial charge in [-0.2, -0.15) is 5.26 Å². The van der Waals surface area contributed by atoms with Crippen molar-refractivity contribution in [1.82, 2.24) is 0 Å². The predicted molar refractivity (Wildman–Crippen MR) is 61.5 cm³/mol. The molecule has 0 radical (unpaired) electrons. The summed E-state index contributed by atoms with van der Waals surface area (Å²) in [5.74, 6) is -1.12. The number of rotatable bonds is 1. The van der Waals surface area contributed by atoms with E-state index in [1.807, 2.05) is 6.07 Å². The van der Waals surface area contributed by atoms with Gasteiger partial charge in [0.05, 0.1) is 11.6 Å². The van der Waals surface area contributed by atoms with Crippen LogP contribution in [0, 0.1) is 23.0 Å². The van der Waals surface area contributed by atoms with Gasteiger partial charge >= 0.3 is 0 Å². The zero-order valence-electron chi connectivity index (χ0n) is 8.55. The Morgan fingerprint density at radius 1 is 1.06 bits per heavy atom. The minimum Gasteiger partial charge on any atom is -0.207 e.